The van der Waals surface area contributed by atoms with Crippen LogP contribution in [0, 0.1) is 10.1 Å². The summed E-state index contributed by atoms with van der Waals surface area (Å²) in [6.07, 6.45) is 2.18. The van der Waals surface area contributed by atoms with Gasteiger partial charge in [-0.1, -0.05) is 30.3 Å². The molecule has 0 fully saturated rings. The van der Waals surface area contributed by atoms with Crippen molar-refractivity contribution in [2.45, 2.75) is 12.8 Å². The molecule has 0 amide bonds. The lowest BCUT2D eigenvalue weighted by atomic mass is 10.1. The Morgan fingerprint density at radius 1 is 1.14 bits per heavy atom. The second-order valence-electron chi connectivity index (χ2n) is 4.54. The van der Waals surface area contributed by atoms with Crippen LogP contribution in [-0.4, -0.2) is 17.8 Å². The molecule has 0 heterocycles. The maximum atomic E-state index is 11.0. The van der Waals surface area contributed by atoms with Gasteiger partial charge >= 0.3 is 5.69 Å². The molecule has 0 bridgehead atoms. The molecule has 0 saturated heterocycles. The van der Waals surface area contributed by atoms with Crippen molar-refractivity contribution in [1.82, 2.24) is 0 Å². The van der Waals surface area contributed by atoms with Crippen LogP contribution in [0.15, 0.2) is 48.5 Å². The summed E-state index contributed by atoms with van der Waals surface area (Å²) in [6.45, 7) is 0.385. The molecule has 0 aromatic heterocycles. The molecule has 0 atom stereocenters. The van der Waals surface area contributed by atoms with Gasteiger partial charge in [0.2, 0.25) is 0 Å². The maximum absolute atomic E-state index is 11.0. The summed E-state index contributed by atoms with van der Waals surface area (Å²) in [5.74, 6) is 0.193. The molecule has 5 heteroatoms. The third kappa shape index (κ3) is 4.14. The first-order chi connectivity index (χ1) is 10.2. The molecule has 0 saturated carbocycles. The van der Waals surface area contributed by atoms with E-state index in [1.54, 1.807) is 0 Å². The molecule has 108 valence electrons. The number of nitrogens with zero attached hydrogens (tertiary/aromatic N) is 1. The van der Waals surface area contributed by atoms with E-state index in [0.29, 0.717) is 12.9 Å². The van der Waals surface area contributed by atoms with Crippen molar-refractivity contribution in [1.29, 1.82) is 0 Å². The molecule has 2 rings (SSSR count). The summed E-state index contributed by atoms with van der Waals surface area (Å²) in [5, 5.41) is 11.0. The minimum atomic E-state index is -0.542. The topological polar surface area (TPSA) is 69.4 Å². The number of hydrogen-bond donors (Lipinski definition) is 0. The zero-order valence-corrected chi connectivity index (χ0v) is 11.4. The second-order valence-corrected chi connectivity index (χ2v) is 4.54. The van der Waals surface area contributed by atoms with Crippen molar-refractivity contribution in [2.24, 2.45) is 0 Å². The molecule has 5 nitrogen and oxygen atoms in total. The number of rotatable bonds is 7. The minimum Gasteiger partial charge on any atom is -0.487 e. The Hall–Kier alpha value is -2.69. The number of nitro benzene ring substituents is 1. The third-order valence-corrected chi connectivity index (χ3v) is 3.03. The first-order valence-corrected chi connectivity index (χ1v) is 6.61. The van der Waals surface area contributed by atoms with Crippen molar-refractivity contribution in [3.05, 3.63) is 69.8 Å². The van der Waals surface area contributed by atoms with Crippen LogP contribution >= 0.6 is 0 Å². The zero-order chi connectivity index (χ0) is 15.1. The fourth-order valence-electron chi connectivity index (χ4n) is 1.98. The molecule has 2 aromatic carbocycles. The van der Waals surface area contributed by atoms with Crippen LogP contribution in [0.3, 0.4) is 0 Å². The highest BCUT2D eigenvalue weighted by Crippen LogP contribution is 2.27. The number of nitro groups is 1. The number of carbonyl (C=O) groups excluding carboxylic acids is 1. The van der Waals surface area contributed by atoms with E-state index in [9.17, 15) is 14.9 Å². The maximum Gasteiger partial charge on any atom is 0.311 e. The van der Waals surface area contributed by atoms with Gasteiger partial charge in [0.1, 0.15) is 6.29 Å². The molecular weight excluding hydrogens is 270 g/mol. The van der Waals surface area contributed by atoms with E-state index in [2.05, 4.69) is 0 Å². The van der Waals surface area contributed by atoms with Gasteiger partial charge in [-0.2, -0.15) is 0 Å². The summed E-state index contributed by atoms with van der Waals surface area (Å²) in [4.78, 5) is 21.1. The highest BCUT2D eigenvalue weighted by Gasteiger charge is 2.15. The largest absolute Gasteiger partial charge is 0.487 e. The van der Waals surface area contributed by atoms with E-state index < -0.39 is 4.92 Å². The number of aryl methyl sites for hydroxylation is 1. The van der Waals surface area contributed by atoms with Crippen molar-refractivity contribution < 1.29 is 14.5 Å². The Labute approximate surface area is 122 Å². The van der Waals surface area contributed by atoms with Gasteiger partial charge in [0.15, 0.2) is 5.75 Å². The SMILES string of the molecule is O=Cc1ccc(OCCCc2ccccc2)c([N+](=O)[O-])c1. The van der Waals surface area contributed by atoms with E-state index in [-0.39, 0.29) is 17.0 Å². The van der Waals surface area contributed by atoms with E-state index in [0.717, 1.165) is 12.8 Å². The number of hydrogen-bond acceptors (Lipinski definition) is 4. The van der Waals surface area contributed by atoms with E-state index in [4.69, 9.17) is 4.74 Å². The predicted octanol–water partition coefficient (Wildman–Crippen LogP) is 3.42. The highest BCUT2D eigenvalue weighted by molar-refractivity contribution is 5.77. The van der Waals surface area contributed by atoms with Crippen LogP contribution in [0.25, 0.3) is 0 Å². The first kappa shape index (κ1) is 14.7. The van der Waals surface area contributed by atoms with Gasteiger partial charge in [-0.05, 0) is 30.5 Å². The van der Waals surface area contributed by atoms with Gasteiger partial charge in [-0.3, -0.25) is 14.9 Å². The van der Waals surface area contributed by atoms with Gasteiger partial charge in [0.05, 0.1) is 11.5 Å². The number of carbonyl (C=O) groups is 1. The molecule has 0 unspecified atom stereocenters. The van der Waals surface area contributed by atoms with Crippen molar-refractivity contribution >= 4 is 12.0 Å². The number of ether oxygens (including phenoxy) is 1. The average Bonchev–Trinajstić information content (AvgIpc) is 2.52. The molecular formula is C16H15NO4. The van der Waals surface area contributed by atoms with Gasteiger partial charge in [-0.15, -0.1) is 0 Å². The lowest BCUT2D eigenvalue weighted by Crippen LogP contribution is -2.02. The molecule has 0 radical (unpaired) electrons. The molecule has 2 aromatic rings. The molecule has 0 aliphatic carbocycles. The number of benzene rings is 2. The van der Waals surface area contributed by atoms with E-state index in [1.807, 2.05) is 30.3 Å². The van der Waals surface area contributed by atoms with Gasteiger partial charge in [0, 0.05) is 11.6 Å². The third-order valence-electron chi connectivity index (χ3n) is 3.03. The Morgan fingerprint density at radius 2 is 1.90 bits per heavy atom. The van der Waals surface area contributed by atoms with E-state index in [1.165, 1.54) is 23.8 Å². The Morgan fingerprint density at radius 3 is 2.57 bits per heavy atom. The lowest BCUT2D eigenvalue weighted by molar-refractivity contribution is -0.385. The Bertz CT molecular complexity index is 625. The minimum absolute atomic E-state index is 0.181. The highest BCUT2D eigenvalue weighted by atomic mass is 16.6. The molecule has 0 aliphatic heterocycles. The van der Waals surface area contributed by atoms with Crippen LogP contribution in [0.2, 0.25) is 0 Å². The lowest BCUT2D eigenvalue weighted by Gasteiger charge is -2.07. The molecule has 0 spiro atoms. The Balaban J connectivity index is 1.93. The quantitative estimate of drug-likeness (QED) is 0.338. The van der Waals surface area contributed by atoms with Crippen LogP contribution in [0.4, 0.5) is 5.69 Å². The van der Waals surface area contributed by atoms with Crippen LogP contribution in [-0.2, 0) is 6.42 Å². The van der Waals surface area contributed by atoms with Crippen LogP contribution in [0.5, 0.6) is 5.75 Å². The normalized spacial score (nSPS) is 10.1. The summed E-state index contributed by atoms with van der Waals surface area (Å²) in [6, 6.07) is 14.1. The van der Waals surface area contributed by atoms with Gasteiger partial charge in [-0.25, -0.2) is 0 Å². The predicted molar refractivity (Wildman–Crippen MR) is 78.7 cm³/mol. The number of aldehydes is 1. The van der Waals surface area contributed by atoms with Crippen molar-refractivity contribution in [2.75, 3.05) is 6.61 Å². The van der Waals surface area contributed by atoms with Crippen molar-refractivity contribution in [3.8, 4) is 5.75 Å². The summed E-state index contributed by atoms with van der Waals surface area (Å²) in [7, 11) is 0. The molecule has 0 aliphatic rings. The van der Waals surface area contributed by atoms with Gasteiger partial charge in [0.25, 0.3) is 0 Å². The molecule has 21 heavy (non-hydrogen) atoms. The summed E-state index contributed by atoms with van der Waals surface area (Å²) in [5.41, 5.74) is 1.28. The molecule has 0 N–H and O–H groups in total. The summed E-state index contributed by atoms with van der Waals surface area (Å²) >= 11 is 0. The second kappa shape index (κ2) is 7.19. The average molecular weight is 285 g/mol. The zero-order valence-electron chi connectivity index (χ0n) is 11.4. The Kier molecular flexibility index (Phi) is 5.04. The summed E-state index contributed by atoms with van der Waals surface area (Å²) < 4.78 is 5.46. The standard InChI is InChI=1S/C16H15NO4/c18-12-14-8-9-16(15(11-14)17(19)20)21-10-4-7-13-5-2-1-3-6-13/h1-3,5-6,8-9,11-12H,4,7,10H2. The van der Waals surface area contributed by atoms with Crippen LogP contribution in [0.1, 0.15) is 22.3 Å². The van der Waals surface area contributed by atoms with Crippen molar-refractivity contribution in [3.63, 3.8) is 0 Å². The fourth-order valence-corrected chi connectivity index (χ4v) is 1.98. The monoisotopic (exact) mass is 285 g/mol. The van der Waals surface area contributed by atoms with Gasteiger partial charge < -0.3 is 4.74 Å². The fraction of sp³-hybridized carbons (Fsp3) is 0.188. The van der Waals surface area contributed by atoms with E-state index >= 15 is 0 Å². The first-order valence-electron chi connectivity index (χ1n) is 6.61. The van der Waals surface area contributed by atoms with Crippen LogP contribution < -0.4 is 4.74 Å². The smallest absolute Gasteiger partial charge is 0.311 e.